The standard InChI is InChI=1S/C15H22BrN/c1-4-17-15(12-6-5-7-12)13-8-10(2)14(16)11(3)9-13/h8-9,12,15,17H,4-7H2,1-3H3. The van der Waals surface area contributed by atoms with Crippen LogP contribution in [0.25, 0.3) is 0 Å². The highest BCUT2D eigenvalue weighted by Crippen LogP contribution is 2.39. The average molecular weight is 296 g/mol. The van der Waals surface area contributed by atoms with Crippen LogP contribution in [0, 0.1) is 19.8 Å². The molecule has 0 aliphatic heterocycles. The summed E-state index contributed by atoms with van der Waals surface area (Å²) >= 11 is 3.65. The molecule has 1 aliphatic carbocycles. The molecule has 0 bridgehead atoms. The van der Waals surface area contributed by atoms with Crippen molar-refractivity contribution in [2.75, 3.05) is 6.54 Å². The molecule has 1 fully saturated rings. The van der Waals surface area contributed by atoms with E-state index in [9.17, 15) is 0 Å². The van der Waals surface area contributed by atoms with Gasteiger partial charge < -0.3 is 5.32 Å². The predicted octanol–water partition coefficient (Wildman–Crippen LogP) is 4.52. The third-order valence-corrected chi connectivity index (χ3v) is 5.11. The summed E-state index contributed by atoms with van der Waals surface area (Å²) in [5.74, 6) is 0.843. The van der Waals surface area contributed by atoms with Gasteiger partial charge in [-0.3, -0.25) is 0 Å². The maximum Gasteiger partial charge on any atom is 0.0348 e. The van der Waals surface area contributed by atoms with Gasteiger partial charge in [0, 0.05) is 10.5 Å². The second-order valence-electron chi connectivity index (χ2n) is 5.20. The van der Waals surface area contributed by atoms with Crippen molar-refractivity contribution in [2.45, 2.75) is 46.1 Å². The lowest BCUT2D eigenvalue weighted by atomic mass is 9.76. The molecule has 1 saturated carbocycles. The van der Waals surface area contributed by atoms with E-state index in [0.717, 1.165) is 12.5 Å². The summed E-state index contributed by atoms with van der Waals surface area (Å²) in [5.41, 5.74) is 4.17. The number of hydrogen-bond acceptors (Lipinski definition) is 1. The highest BCUT2D eigenvalue weighted by Gasteiger charge is 2.28. The van der Waals surface area contributed by atoms with Crippen LogP contribution in [0.4, 0.5) is 0 Å². The van der Waals surface area contributed by atoms with E-state index >= 15 is 0 Å². The van der Waals surface area contributed by atoms with Crippen LogP contribution in [0.3, 0.4) is 0 Å². The van der Waals surface area contributed by atoms with Crippen molar-refractivity contribution in [1.29, 1.82) is 0 Å². The first-order valence-corrected chi connectivity index (χ1v) is 7.42. The van der Waals surface area contributed by atoms with Gasteiger partial charge in [-0.1, -0.05) is 41.4 Å². The van der Waals surface area contributed by atoms with Gasteiger partial charge in [-0.25, -0.2) is 0 Å². The van der Waals surface area contributed by atoms with Crippen molar-refractivity contribution in [3.05, 3.63) is 33.3 Å². The summed E-state index contributed by atoms with van der Waals surface area (Å²) in [5, 5.41) is 3.66. The SMILES string of the molecule is CCNC(c1cc(C)c(Br)c(C)c1)C1CCC1. The molecule has 17 heavy (non-hydrogen) atoms. The van der Waals surface area contributed by atoms with Crippen molar-refractivity contribution < 1.29 is 0 Å². The van der Waals surface area contributed by atoms with E-state index in [1.54, 1.807) is 0 Å². The van der Waals surface area contributed by atoms with Crippen LogP contribution >= 0.6 is 15.9 Å². The van der Waals surface area contributed by atoms with E-state index in [1.807, 2.05) is 0 Å². The maximum atomic E-state index is 3.66. The third kappa shape index (κ3) is 2.74. The van der Waals surface area contributed by atoms with Gasteiger partial charge in [0.15, 0.2) is 0 Å². The van der Waals surface area contributed by atoms with E-state index < -0.39 is 0 Å². The molecule has 1 nitrogen and oxygen atoms in total. The van der Waals surface area contributed by atoms with Crippen LogP contribution in [0.5, 0.6) is 0 Å². The summed E-state index contributed by atoms with van der Waals surface area (Å²) in [6.45, 7) is 7.62. The maximum absolute atomic E-state index is 3.66. The molecule has 1 aromatic rings. The molecule has 0 heterocycles. The molecule has 2 heteroatoms. The van der Waals surface area contributed by atoms with Crippen molar-refractivity contribution in [2.24, 2.45) is 5.92 Å². The fourth-order valence-electron chi connectivity index (χ4n) is 2.71. The molecular weight excluding hydrogens is 274 g/mol. The lowest BCUT2D eigenvalue weighted by Gasteiger charge is -2.35. The molecule has 1 N–H and O–H groups in total. The zero-order valence-corrected chi connectivity index (χ0v) is 12.6. The first kappa shape index (κ1) is 13.1. The van der Waals surface area contributed by atoms with E-state index in [0.29, 0.717) is 6.04 Å². The van der Waals surface area contributed by atoms with Gasteiger partial charge in [-0.2, -0.15) is 0 Å². The molecule has 1 atom stereocenters. The molecule has 0 spiro atoms. The van der Waals surface area contributed by atoms with Crippen LogP contribution in [0.15, 0.2) is 16.6 Å². The smallest absolute Gasteiger partial charge is 0.0348 e. The number of nitrogens with one attached hydrogen (secondary N) is 1. The van der Waals surface area contributed by atoms with Crippen molar-refractivity contribution in [3.8, 4) is 0 Å². The van der Waals surface area contributed by atoms with Crippen molar-refractivity contribution >= 4 is 15.9 Å². The first-order chi connectivity index (χ1) is 8.13. The molecule has 0 radical (unpaired) electrons. The minimum absolute atomic E-state index is 0.555. The van der Waals surface area contributed by atoms with Crippen molar-refractivity contribution in [1.82, 2.24) is 5.32 Å². The van der Waals surface area contributed by atoms with E-state index in [1.165, 1.54) is 40.4 Å². The molecule has 94 valence electrons. The van der Waals surface area contributed by atoms with E-state index in [4.69, 9.17) is 0 Å². The van der Waals surface area contributed by atoms with Crippen molar-refractivity contribution in [3.63, 3.8) is 0 Å². The van der Waals surface area contributed by atoms with Gasteiger partial charge in [0.1, 0.15) is 0 Å². The third-order valence-electron chi connectivity index (χ3n) is 3.86. The molecule has 0 aromatic heterocycles. The number of halogens is 1. The Balaban J connectivity index is 2.28. The first-order valence-electron chi connectivity index (χ1n) is 6.63. The summed E-state index contributed by atoms with van der Waals surface area (Å²) in [7, 11) is 0. The van der Waals surface area contributed by atoms with Gasteiger partial charge in [0.05, 0.1) is 0 Å². The summed E-state index contributed by atoms with van der Waals surface area (Å²) in [4.78, 5) is 0. The number of rotatable bonds is 4. The molecule has 2 rings (SSSR count). The topological polar surface area (TPSA) is 12.0 Å². The minimum atomic E-state index is 0.555. The van der Waals surface area contributed by atoms with Crippen LogP contribution in [0.2, 0.25) is 0 Å². The highest BCUT2D eigenvalue weighted by atomic mass is 79.9. The van der Waals surface area contributed by atoms with Gasteiger partial charge in [0.2, 0.25) is 0 Å². The Morgan fingerprint density at radius 1 is 1.29 bits per heavy atom. The monoisotopic (exact) mass is 295 g/mol. The average Bonchev–Trinajstić information content (AvgIpc) is 2.22. The molecule has 1 aromatic carbocycles. The van der Waals surface area contributed by atoms with Crippen LogP contribution in [0.1, 0.15) is 48.9 Å². The second kappa shape index (κ2) is 5.53. The van der Waals surface area contributed by atoms with Crippen LogP contribution < -0.4 is 5.32 Å². The summed E-state index contributed by atoms with van der Waals surface area (Å²) in [6, 6.07) is 5.23. The number of benzene rings is 1. The van der Waals surface area contributed by atoms with Crippen LogP contribution in [-0.4, -0.2) is 6.54 Å². The lowest BCUT2D eigenvalue weighted by Crippen LogP contribution is -2.32. The van der Waals surface area contributed by atoms with Gasteiger partial charge in [0.25, 0.3) is 0 Å². The Bertz CT molecular complexity index is 373. The summed E-state index contributed by atoms with van der Waals surface area (Å²) < 4.78 is 1.25. The molecule has 0 amide bonds. The fourth-order valence-corrected chi connectivity index (χ4v) is 2.94. The molecule has 1 aliphatic rings. The normalized spacial score (nSPS) is 17.9. The Labute approximate surface area is 113 Å². The molecule has 0 saturated heterocycles. The van der Waals surface area contributed by atoms with Gasteiger partial charge in [-0.15, -0.1) is 0 Å². The largest absolute Gasteiger partial charge is 0.310 e. The van der Waals surface area contributed by atoms with Gasteiger partial charge >= 0.3 is 0 Å². The number of aryl methyl sites for hydroxylation is 2. The predicted molar refractivity (Wildman–Crippen MR) is 77.4 cm³/mol. The fraction of sp³-hybridized carbons (Fsp3) is 0.600. The second-order valence-corrected chi connectivity index (χ2v) is 5.99. The molecular formula is C15H22BrN. The van der Waals surface area contributed by atoms with Crippen LogP contribution in [-0.2, 0) is 0 Å². The Morgan fingerprint density at radius 3 is 2.29 bits per heavy atom. The Hall–Kier alpha value is -0.340. The Kier molecular flexibility index (Phi) is 4.26. The lowest BCUT2D eigenvalue weighted by molar-refractivity contribution is 0.233. The molecule has 1 unspecified atom stereocenters. The zero-order chi connectivity index (χ0) is 12.4. The highest BCUT2D eigenvalue weighted by molar-refractivity contribution is 9.10. The zero-order valence-electron chi connectivity index (χ0n) is 11.0. The van der Waals surface area contributed by atoms with Gasteiger partial charge in [-0.05, 0) is 55.8 Å². The Morgan fingerprint density at radius 2 is 1.88 bits per heavy atom. The quantitative estimate of drug-likeness (QED) is 0.861. The number of hydrogen-bond donors (Lipinski definition) is 1. The van der Waals surface area contributed by atoms with E-state index in [-0.39, 0.29) is 0 Å². The minimum Gasteiger partial charge on any atom is -0.310 e. The van der Waals surface area contributed by atoms with E-state index in [2.05, 4.69) is 54.2 Å². The summed E-state index contributed by atoms with van der Waals surface area (Å²) in [6.07, 6.45) is 4.17.